The highest BCUT2D eigenvalue weighted by atomic mass is 16.4. The summed E-state index contributed by atoms with van der Waals surface area (Å²) in [5.74, 6) is 6.83. The number of hydrogen-bond acceptors (Lipinski definition) is 3. The molecule has 0 aliphatic rings. The van der Waals surface area contributed by atoms with Crippen molar-refractivity contribution in [2.75, 3.05) is 0 Å². The first-order chi connectivity index (χ1) is 15.1. The number of aliphatic carboxylic acids is 1. The average Bonchev–Trinajstić information content (AvgIpc) is 3.44. The lowest BCUT2D eigenvalue weighted by Crippen LogP contribution is -2.20. The van der Waals surface area contributed by atoms with Crippen LogP contribution in [0.25, 0.3) is 11.5 Å². The third kappa shape index (κ3) is 4.93. The van der Waals surface area contributed by atoms with E-state index in [2.05, 4.69) is 16.8 Å². The monoisotopic (exact) mass is 410 g/mol. The van der Waals surface area contributed by atoms with Crippen molar-refractivity contribution in [1.82, 2.24) is 9.55 Å². The number of nitrogens with zero attached hydrogens (tertiary/aromatic N) is 2. The molecule has 1 atom stereocenters. The summed E-state index contributed by atoms with van der Waals surface area (Å²) in [5.41, 5.74) is 3.60. The fourth-order valence-electron chi connectivity index (χ4n) is 3.35. The van der Waals surface area contributed by atoms with Gasteiger partial charge < -0.3 is 14.1 Å². The van der Waals surface area contributed by atoms with Crippen LogP contribution in [0.2, 0.25) is 0 Å². The molecule has 0 spiro atoms. The molecule has 0 amide bonds. The van der Waals surface area contributed by atoms with Gasteiger partial charge in [0.25, 0.3) is 0 Å². The summed E-state index contributed by atoms with van der Waals surface area (Å²) in [6.07, 6.45) is 4.46. The lowest BCUT2D eigenvalue weighted by molar-refractivity contribution is -0.140. The summed E-state index contributed by atoms with van der Waals surface area (Å²) in [7, 11) is 0. The number of hydrogen-bond donors (Lipinski definition) is 1. The minimum atomic E-state index is -0.849. The van der Waals surface area contributed by atoms with Crippen LogP contribution < -0.4 is 0 Å². The van der Waals surface area contributed by atoms with Crippen LogP contribution in [-0.4, -0.2) is 20.6 Å². The molecule has 2 aromatic carbocycles. The van der Waals surface area contributed by atoms with E-state index < -0.39 is 12.0 Å². The average molecular weight is 410 g/mol. The predicted molar refractivity (Wildman–Crippen MR) is 119 cm³/mol. The molecule has 2 aromatic heterocycles. The Kier molecular flexibility index (Phi) is 6.00. The number of carboxylic acids is 1. The molecule has 0 fully saturated rings. The summed E-state index contributed by atoms with van der Waals surface area (Å²) in [6.45, 7) is 1.90. The molecule has 5 nitrogen and oxygen atoms in total. The normalized spacial score (nSPS) is 11.5. The van der Waals surface area contributed by atoms with Crippen molar-refractivity contribution in [2.24, 2.45) is 0 Å². The van der Waals surface area contributed by atoms with E-state index in [0.29, 0.717) is 18.7 Å². The third-order valence-corrected chi connectivity index (χ3v) is 5.06. The van der Waals surface area contributed by atoms with Crippen molar-refractivity contribution in [1.29, 1.82) is 0 Å². The maximum Gasteiger partial charge on any atom is 0.327 e. The minimum absolute atomic E-state index is 0.415. The second-order valence-corrected chi connectivity index (χ2v) is 7.25. The molecule has 2 heterocycles. The first-order valence-corrected chi connectivity index (χ1v) is 10.0. The van der Waals surface area contributed by atoms with Crippen LogP contribution >= 0.6 is 0 Å². The first-order valence-electron chi connectivity index (χ1n) is 10.0. The summed E-state index contributed by atoms with van der Waals surface area (Å²) >= 11 is 0. The van der Waals surface area contributed by atoms with E-state index >= 15 is 0 Å². The van der Waals surface area contributed by atoms with Gasteiger partial charge in [-0.3, -0.25) is 0 Å². The zero-order valence-corrected chi connectivity index (χ0v) is 17.2. The van der Waals surface area contributed by atoms with Gasteiger partial charge in [-0.05, 0) is 48.9 Å². The Balaban J connectivity index is 1.41. The molecule has 154 valence electrons. The maximum absolute atomic E-state index is 11.6. The Morgan fingerprint density at radius 2 is 1.77 bits per heavy atom. The van der Waals surface area contributed by atoms with Gasteiger partial charge in [-0.1, -0.05) is 42.2 Å². The Hall–Kier alpha value is -4.04. The van der Waals surface area contributed by atoms with E-state index in [-0.39, 0.29) is 0 Å². The van der Waals surface area contributed by atoms with Crippen LogP contribution in [0, 0.1) is 18.8 Å². The molecule has 0 radical (unpaired) electrons. The standard InChI is InChI=1S/C26H22N2O3/c1-19-23(27-25(31-19)22-9-3-2-4-10-22)11-7-8-20-12-14-21(15-13-20)18-24(26(29)30)28-16-5-6-17-28/h2-6,9-10,12-17,24H,11,18H2,1H3,(H,29,30). The highest BCUT2D eigenvalue weighted by molar-refractivity contribution is 5.72. The fraction of sp³-hybridized carbons (Fsp3) is 0.154. The molecule has 4 aromatic rings. The van der Waals surface area contributed by atoms with Gasteiger partial charge >= 0.3 is 5.97 Å². The molecule has 4 rings (SSSR count). The summed E-state index contributed by atoms with van der Waals surface area (Å²) in [4.78, 5) is 16.2. The summed E-state index contributed by atoms with van der Waals surface area (Å²) in [6, 6.07) is 20.5. The predicted octanol–water partition coefficient (Wildman–Crippen LogP) is 4.91. The lowest BCUT2D eigenvalue weighted by atomic mass is 10.0. The van der Waals surface area contributed by atoms with Gasteiger partial charge in [0, 0.05) is 29.9 Å². The molecular formula is C26H22N2O3. The number of benzene rings is 2. The smallest absolute Gasteiger partial charge is 0.327 e. The second-order valence-electron chi connectivity index (χ2n) is 7.25. The summed E-state index contributed by atoms with van der Waals surface area (Å²) < 4.78 is 7.49. The topological polar surface area (TPSA) is 68.3 Å². The molecule has 0 aliphatic carbocycles. The van der Waals surface area contributed by atoms with E-state index in [1.807, 2.05) is 73.7 Å². The van der Waals surface area contributed by atoms with E-state index in [4.69, 9.17) is 4.42 Å². The summed E-state index contributed by atoms with van der Waals surface area (Å²) in [5, 5.41) is 9.53. The number of carboxylic acid groups (broad SMARTS) is 1. The zero-order valence-electron chi connectivity index (χ0n) is 17.2. The van der Waals surface area contributed by atoms with Crippen LogP contribution in [0.15, 0.2) is 83.5 Å². The second kappa shape index (κ2) is 9.19. The Bertz CT molecular complexity index is 1210. The highest BCUT2D eigenvalue weighted by Crippen LogP contribution is 2.21. The van der Waals surface area contributed by atoms with Crippen LogP contribution in [0.4, 0.5) is 0 Å². The molecule has 31 heavy (non-hydrogen) atoms. The Labute approximate surface area is 181 Å². The largest absolute Gasteiger partial charge is 0.480 e. The van der Waals surface area contributed by atoms with Gasteiger partial charge in [0.2, 0.25) is 5.89 Å². The van der Waals surface area contributed by atoms with Crippen molar-refractivity contribution in [3.05, 3.63) is 102 Å². The molecule has 1 N–H and O–H groups in total. The van der Waals surface area contributed by atoms with Crippen molar-refractivity contribution in [3.63, 3.8) is 0 Å². The molecule has 5 heteroatoms. The Morgan fingerprint density at radius 3 is 2.45 bits per heavy atom. The van der Waals surface area contributed by atoms with Gasteiger partial charge in [0.05, 0.1) is 12.1 Å². The fourth-order valence-corrected chi connectivity index (χ4v) is 3.35. The van der Waals surface area contributed by atoms with Crippen LogP contribution in [-0.2, 0) is 17.6 Å². The highest BCUT2D eigenvalue weighted by Gasteiger charge is 2.18. The van der Waals surface area contributed by atoms with E-state index in [0.717, 1.165) is 28.1 Å². The molecule has 0 aliphatic heterocycles. The molecule has 0 bridgehead atoms. The van der Waals surface area contributed by atoms with Gasteiger partial charge in [0.1, 0.15) is 11.8 Å². The van der Waals surface area contributed by atoms with Crippen molar-refractivity contribution < 1.29 is 14.3 Å². The number of carbonyl (C=O) groups is 1. The SMILES string of the molecule is Cc1oc(-c2ccccc2)nc1CC#Cc1ccc(CC(C(=O)O)n2cccc2)cc1. The number of aromatic nitrogens is 2. The number of aryl methyl sites for hydroxylation is 1. The van der Waals surface area contributed by atoms with Crippen LogP contribution in [0.5, 0.6) is 0 Å². The molecule has 0 saturated carbocycles. The Morgan fingerprint density at radius 1 is 1.06 bits per heavy atom. The van der Waals surface area contributed by atoms with Gasteiger partial charge in [-0.15, -0.1) is 0 Å². The molecular weight excluding hydrogens is 388 g/mol. The van der Waals surface area contributed by atoms with E-state index in [1.165, 1.54) is 0 Å². The quantitative estimate of drug-likeness (QED) is 0.459. The third-order valence-electron chi connectivity index (χ3n) is 5.06. The van der Waals surface area contributed by atoms with Crippen LogP contribution in [0.1, 0.15) is 28.6 Å². The van der Waals surface area contributed by atoms with Gasteiger partial charge in [-0.2, -0.15) is 0 Å². The number of rotatable bonds is 6. The van der Waals surface area contributed by atoms with Crippen molar-refractivity contribution in [2.45, 2.75) is 25.8 Å². The molecule has 1 unspecified atom stereocenters. The van der Waals surface area contributed by atoms with Gasteiger partial charge in [0.15, 0.2) is 0 Å². The zero-order chi connectivity index (χ0) is 21.6. The number of oxazole rings is 1. The van der Waals surface area contributed by atoms with Crippen molar-refractivity contribution >= 4 is 5.97 Å². The first kappa shape index (κ1) is 20.2. The minimum Gasteiger partial charge on any atom is -0.480 e. The van der Waals surface area contributed by atoms with Gasteiger partial charge in [-0.25, -0.2) is 9.78 Å². The van der Waals surface area contributed by atoms with Crippen molar-refractivity contribution in [3.8, 4) is 23.3 Å². The van der Waals surface area contributed by atoms with E-state index in [9.17, 15) is 9.90 Å². The van der Waals surface area contributed by atoms with Crippen LogP contribution in [0.3, 0.4) is 0 Å². The maximum atomic E-state index is 11.6. The van der Waals surface area contributed by atoms with E-state index in [1.54, 1.807) is 17.0 Å². The lowest BCUT2D eigenvalue weighted by Gasteiger charge is -2.14. The molecule has 0 saturated heterocycles.